The molecule has 0 spiro atoms. The van der Waals surface area contributed by atoms with E-state index in [1.165, 1.54) is 17.4 Å². The zero-order chi connectivity index (χ0) is 24.5. The molecule has 2 N–H and O–H groups in total. The van der Waals surface area contributed by atoms with E-state index in [9.17, 15) is 12.8 Å². The number of hydrogen-bond acceptors (Lipinski definition) is 7. The Morgan fingerprint density at radius 1 is 1.21 bits per heavy atom. The van der Waals surface area contributed by atoms with Crippen LogP contribution < -0.4 is 10.0 Å². The van der Waals surface area contributed by atoms with Gasteiger partial charge in [-0.3, -0.25) is 9.71 Å². The van der Waals surface area contributed by atoms with Crippen molar-refractivity contribution in [1.29, 1.82) is 0 Å². The van der Waals surface area contributed by atoms with E-state index in [0.717, 1.165) is 53.9 Å². The van der Waals surface area contributed by atoms with Gasteiger partial charge in [0, 0.05) is 31.0 Å². The number of aromatic nitrogens is 2. The summed E-state index contributed by atoms with van der Waals surface area (Å²) in [6, 6.07) is 5.30. The maximum Gasteiger partial charge on any atom is 0.263 e. The van der Waals surface area contributed by atoms with Crippen LogP contribution in [0.25, 0.3) is 10.4 Å². The third-order valence-corrected chi connectivity index (χ3v) is 8.82. The molecule has 1 aliphatic heterocycles. The summed E-state index contributed by atoms with van der Waals surface area (Å²) in [5.41, 5.74) is 1.87. The quantitative estimate of drug-likeness (QED) is 0.415. The van der Waals surface area contributed by atoms with Crippen molar-refractivity contribution in [3.8, 4) is 10.4 Å². The second kappa shape index (κ2) is 10.2. The number of hydrogen-bond donors (Lipinski definition) is 2. The van der Waals surface area contributed by atoms with Gasteiger partial charge in [-0.2, -0.15) is 0 Å². The van der Waals surface area contributed by atoms with E-state index in [1.54, 1.807) is 19.2 Å². The van der Waals surface area contributed by atoms with Crippen LogP contribution in [-0.4, -0.2) is 37.6 Å². The molecule has 1 aromatic carbocycles. The van der Waals surface area contributed by atoms with Crippen LogP contribution in [0.3, 0.4) is 0 Å². The van der Waals surface area contributed by atoms with E-state index in [0.29, 0.717) is 17.2 Å². The number of rotatable bonds is 7. The van der Waals surface area contributed by atoms with Crippen molar-refractivity contribution in [3.05, 3.63) is 52.7 Å². The molecule has 34 heavy (non-hydrogen) atoms. The summed E-state index contributed by atoms with van der Waals surface area (Å²) in [7, 11) is -4.01. The topological polar surface area (TPSA) is 93.2 Å². The fraction of sp³-hybridized carbons (Fsp3) is 0.391. The Kier molecular flexibility index (Phi) is 7.42. The zero-order valence-corrected chi connectivity index (χ0v) is 21.5. The van der Waals surface area contributed by atoms with E-state index in [4.69, 9.17) is 16.3 Å². The van der Waals surface area contributed by atoms with E-state index in [2.05, 4.69) is 26.9 Å². The number of halogens is 2. The molecule has 0 bridgehead atoms. The molecule has 0 radical (unpaired) electrons. The highest BCUT2D eigenvalue weighted by Gasteiger charge is 2.24. The first kappa shape index (κ1) is 24.8. The van der Waals surface area contributed by atoms with E-state index in [-0.39, 0.29) is 21.6 Å². The smallest absolute Gasteiger partial charge is 0.263 e. The maximum absolute atomic E-state index is 13.3. The fourth-order valence-corrected chi connectivity index (χ4v) is 6.55. The monoisotopic (exact) mass is 524 g/mol. The summed E-state index contributed by atoms with van der Waals surface area (Å²) >= 11 is 7.47. The lowest BCUT2D eigenvalue weighted by Crippen LogP contribution is -2.30. The van der Waals surface area contributed by atoms with E-state index in [1.807, 2.05) is 6.92 Å². The third kappa shape index (κ3) is 5.51. The Morgan fingerprint density at radius 2 is 1.94 bits per heavy atom. The summed E-state index contributed by atoms with van der Waals surface area (Å²) < 4.78 is 47.5. The van der Waals surface area contributed by atoms with Crippen LogP contribution in [0, 0.1) is 25.6 Å². The average Bonchev–Trinajstić information content (AvgIpc) is 3.16. The van der Waals surface area contributed by atoms with Crippen molar-refractivity contribution < 1.29 is 17.5 Å². The number of aryl methyl sites for hydroxylation is 2. The Bertz CT molecular complexity index is 1290. The van der Waals surface area contributed by atoms with Crippen molar-refractivity contribution >= 4 is 43.8 Å². The van der Waals surface area contributed by atoms with Gasteiger partial charge in [0.15, 0.2) is 5.13 Å². The van der Waals surface area contributed by atoms with Crippen LogP contribution in [0.4, 0.5) is 15.2 Å². The highest BCUT2D eigenvalue weighted by Crippen LogP contribution is 2.35. The normalized spacial score (nSPS) is 15.8. The number of anilines is 2. The van der Waals surface area contributed by atoms with Gasteiger partial charge in [-0.25, -0.2) is 17.8 Å². The molecule has 0 amide bonds. The number of pyridine rings is 1. The summed E-state index contributed by atoms with van der Waals surface area (Å²) in [6.45, 7) is 7.22. The minimum Gasteiger partial charge on any atom is -0.381 e. The van der Waals surface area contributed by atoms with Crippen molar-refractivity contribution in [2.45, 2.75) is 44.6 Å². The van der Waals surface area contributed by atoms with Crippen LogP contribution >= 0.6 is 22.9 Å². The third-order valence-electron chi connectivity index (χ3n) is 5.89. The molecular formula is C23H26ClFN4O3S2. The summed E-state index contributed by atoms with van der Waals surface area (Å²) in [6.07, 6.45) is 3.67. The van der Waals surface area contributed by atoms with Gasteiger partial charge in [0.05, 0.1) is 27.0 Å². The van der Waals surface area contributed by atoms with Gasteiger partial charge in [0.1, 0.15) is 10.7 Å². The molecule has 1 fully saturated rings. The molecule has 182 valence electrons. The lowest BCUT2D eigenvalue weighted by molar-refractivity contribution is 0.0622. The number of nitrogens with zero attached hydrogens (tertiary/aromatic N) is 2. The first-order chi connectivity index (χ1) is 16.1. The Morgan fingerprint density at radius 3 is 2.65 bits per heavy atom. The van der Waals surface area contributed by atoms with Crippen molar-refractivity contribution in [2.24, 2.45) is 5.92 Å². The lowest BCUT2D eigenvalue weighted by atomic mass is 9.93. The van der Waals surface area contributed by atoms with Gasteiger partial charge in [0.2, 0.25) is 0 Å². The van der Waals surface area contributed by atoms with Gasteiger partial charge in [-0.1, -0.05) is 22.9 Å². The molecular weight excluding hydrogens is 499 g/mol. The summed E-state index contributed by atoms with van der Waals surface area (Å²) in [5, 5.41) is 4.25. The van der Waals surface area contributed by atoms with Gasteiger partial charge in [0.25, 0.3) is 10.0 Å². The predicted molar refractivity (Wildman–Crippen MR) is 134 cm³/mol. The SMILES string of the molecule is Cc1ncc(-c2sc(NC(C)C3CCOCC3)nc2C)cc1S(=O)(=O)Nc1ccc(F)cc1Cl. The van der Waals surface area contributed by atoms with E-state index < -0.39 is 15.8 Å². The van der Waals surface area contributed by atoms with Crippen molar-refractivity contribution in [2.75, 3.05) is 23.3 Å². The highest BCUT2D eigenvalue weighted by atomic mass is 35.5. The molecule has 1 saturated heterocycles. The number of ether oxygens (including phenoxy) is 1. The standard InChI is InChI=1S/C23H26ClFN4O3S2/c1-13(16-6-8-32-9-7-16)27-23-28-15(3)22(33-23)17-10-21(14(2)26-12-17)34(30,31)29-20-5-4-18(25)11-19(20)24/h4-5,10-13,16,29H,6-9H2,1-3H3,(H,27,28). The van der Waals surface area contributed by atoms with Crippen LogP contribution in [0.15, 0.2) is 35.4 Å². The molecule has 2 aromatic heterocycles. The first-order valence-electron chi connectivity index (χ1n) is 10.9. The van der Waals surface area contributed by atoms with Crippen molar-refractivity contribution in [1.82, 2.24) is 9.97 Å². The first-order valence-corrected chi connectivity index (χ1v) is 13.6. The molecule has 3 heterocycles. The van der Waals surface area contributed by atoms with Crippen LogP contribution in [-0.2, 0) is 14.8 Å². The van der Waals surface area contributed by atoms with Gasteiger partial charge in [-0.05, 0) is 63.8 Å². The molecule has 7 nitrogen and oxygen atoms in total. The zero-order valence-electron chi connectivity index (χ0n) is 19.1. The Labute approximate surface area is 207 Å². The summed E-state index contributed by atoms with van der Waals surface area (Å²) in [4.78, 5) is 9.83. The highest BCUT2D eigenvalue weighted by molar-refractivity contribution is 7.92. The molecule has 1 aliphatic rings. The number of benzene rings is 1. The molecule has 0 saturated carbocycles. The molecule has 3 aromatic rings. The van der Waals surface area contributed by atoms with Gasteiger partial charge in [-0.15, -0.1) is 0 Å². The number of thiazole rings is 1. The molecule has 1 atom stereocenters. The molecule has 0 aliphatic carbocycles. The Balaban J connectivity index is 1.59. The lowest BCUT2D eigenvalue weighted by Gasteiger charge is -2.28. The largest absolute Gasteiger partial charge is 0.381 e. The molecule has 1 unspecified atom stereocenters. The molecule has 4 rings (SSSR count). The number of nitrogens with one attached hydrogen (secondary N) is 2. The summed E-state index contributed by atoms with van der Waals surface area (Å²) in [5.74, 6) is -0.0347. The van der Waals surface area contributed by atoms with Gasteiger partial charge >= 0.3 is 0 Å². The van der Waals surface area contributed by atoms with Gasteiger partial charge < -0.3 is 10.1 Å². The van der Waals surface area contributed by atoms with Crippen LogP contribution in [0.5, 0.6) is 0 Å². The van der Waals surface area contributed by atoms with Crippen molar-refractivity contribution in [3.63, 3.8) is 0 Å². The Hall–Kier alpha value is -2.27. The van der Waals surface area contributed by atoms with E-state index >= 15 is 0 Å². The maximum atomic E-state index is 13.3. The number of sulfonamides is 1. The molecule has 11 heteroatoms. The van der Waals surface area contributed by atoms with Crippen LogP contribution in [0.1, 0.15) is 31.2 Å². The second-order valence-electron chi connectivity index (χ2n) is 8.35. The minimum absolute atomic E-state index is 0.0169. The van der Waals surface area contributed by atoms with Crippen LogP contribution in [0.2, 0.25) is 5.02 Å². The fourth-order valence-electron chi connectivity index (χ4n) is 3.94. The minimum atomic E-state index is -4.01. The second-order valence-corrected chi connectivity index (χ2v) is 11.4. The predicted octanol–water partition coefficient (Wildman–Crippen LogP) is 5.64. The average molecular weight is 525 g/mol.